The molecule has 0 saturated carbocycles. The van der Waals surface area contributed by atoms with Gasteiger partial charge in [-0.25, -0.2) is 4.79 Å². The fourth-order valence-electron chi connectivity index (χ4n) is 2.01. The molecule has 0 aliphatic carbocycles. The minimum Gasteiger partial charge on any atom is -0.465 e. The molecule has 5 heteroatoms. The van der Waals surface area contributed by atoms with Crippen LogP contribution in [0.1, 0.15) is 15.9 Å². The molecule has 0 spiro atoms. The molecular formula is C16H14N3O2+. The summed E-state index contributed by atoms with van der Waals surface area (Å²) in [5, 5.41) is 7.49. The van der Waals surface area contributed by atoms with Crippen LogP contribution >= 0.6 is 0 Å². The maximum absolute atomic E-state index is 11.5. The van der Waals surface area contributed by atoms with Crippen molar-refractivity contribution in [1.29, 1.82) is 0 Å². The molecular weight excluding hydrogens is 266 g/mol. The molecule has 5 nitrogen and oxygen atoms in total. The van der Waals surface area contributed by atoms with Crippen LogP contribution < -0.4 is 5.10 Å². The van der Waals surface area contributed by atoms with E-state index in [-0.39, 0.29) is 5.97 Å². The van der Waals surface area contributed by atoms with Crippen molar-refractivity contribution in [2.75, 3.05) is 7.11 Å². The number of fused-ring (bicyclic) bond motifs is 1. The summed E-state index contributed by atoms with van der Waals surface area (Å²) >= 11 is 0. The van der Waals surface area contributed by atoms with Crippen molar-refractivity contribution in [3.63, 3.8) is 0 Å². The maximum Gasteiger partial charge on any atom is 0.338 e. The van der Waals surface area contributed by atoms with Gasteiger partial charge in [-0.15, -0.1) is 0 Å². The van der Waals surface area contributed by atoms with Crippen molar-refractivity contribution in [3.05, 3.63) is 59.7 Å². The van der Waals surface area contributed by atoms with E-state index in [4.69, 9.17) is 4.74 Å². The van der Waals surface area contributed by atoms with Crippen LogP contribution in [0.5, 0.6) is 0 Å². The van der Waals surface area contributed by atoms with Gasteiger partial charge in [0.25, 0.3) is 0 Å². The molecule has 0 radical (unpaired) electrons. The Labute approximate surface area is 121 Å². The number of carbonyl (C=O) groups excluding carboxylic acids is 1. The summed E-state index contributed by atoms with van der Waals surface area (Å²) in [6, 6.07) is 15.2. The Morgan fingerprint density at radius 2 is 2.05 bits per heavy atom. The van der Waals surface area contributed by atoms with Crippen LogP contribution in [-0.4, -0.2) is 23.0 Å². The summed E-state index contributed by atoms with van der Waals surface area (Å²) in [5.41, 5.74) is 3.12. The van der Waals surface area contributed by atoms with E-state index in [9.17, 15) is 4.79 Å². The highest BCUT2D eigenvalue weighted by molar-refractivity contribution is 5.92. The smallest absolute Gasteiger partial charge is 0.338 e. The number of aromatic amines is 1. The molecule has 1 aromatic heterocycles. The predicted octanol–water partition coefficient (Wildman–Crippen LogP) is 2.26. The molecule has 0 fully saturated rings. The lowest BCUT2D eigenvalue weighted by Gasteiger charge is -1.95. The number of methoxy groups -OCH3 is 1. The highest BCUT2D eigenvalue weighted by Gasteiger charge is 2.13. The molecule has 1 heterocycles. The van der Waals surface area contributed by atoms with Crippen molar-refractivity contribution in [3.8, 4) is 0 Å². The van der Waals surface area contributed by atoms with Crippen LogP contribution in [0.15, 0.2) is 48.5 Å². The molecule has 21 heavy (non-hydrogen) atoms. The van der Waals surface area contributed by atoms with Crippen molar-refractivity contribution in [2.24, 2.45) is 0 Å². The zero-order valence-electron chi connectivity index (χ0n) is 11.5. The van der Waals surface area contributed by atoms with Crippen LogP contribution in [0, 0.1) is 0 Å². The molecule has 1 N–H and O–H groups in total. The summed E-state index contributed by atoms with van der Waals surface area (Å²) < 4.78 is 4.70. The third-order valence-electron chi connectivity index (χ3n) is 3.08. The molecule has 0 aliphatic rings. The van der Waals surface area contributed by atoms with Crippen molar-refractivity contribution in [1.82, 2.24) is 9.90 Å². The predicted molar refractivity (Wildman–Crippen MR) is 79.3 cm³/mol. The Morgan fingerprint density at radius 1 is 1.24 bits per heavy atom. The van der Waals surface area contributed by atoms with Crippen LogP contribution in [0.2, 0.25) is 0 Å². The van der Waals surface area contributed by atoms with Gasteiger partial charge in [0.05, 0.1) is 24.0 Å². The number of carbonyl (C=O) groups is 1. The number of ether oxygens (including phenoxy) is 1. The Bertz CT molecular complexity index is 807. The first-order chi connectivity index (χ1) is 10.3. The average Bonchev–Trinajstić information content (AvgIpc) is 2.95. The topological polar surface area (TPSA) is 58.3 Å². The number of benzene rings is 2. The largest absolute Gasteiger partial charge is 0.465 e. The fourth-order valence-corrected chi connectivity index (χ4v) is 2.01. The molecule has 104 valence electrons. The lowest BCUT2D eigenvalue weighted by Crippen LogP contribution is -2.13. The molecule has 0 saturated heterocycles. The number of nitrogens with zero attached hydrogens (tertiary/aromatic N) is 2. The third-order valence-corrected chi connectivity index (χ3v) is 3.08. The van der Waals surface area contributed by atoms with Gasteiger partial charge in [-0.3, -0.25) is 0 Å². The molecule has 2 aromatic carbocycles. The van der Waals surface area contributed by atoms with E-state index in [0.717, 1.165) is 11.1 Å². The van der Waals surface area contributed by atoms with Gasteiger partial charge < -0.3 is 4.74 Å². The third kappa shape index (κ3) is 2.81. The van der Waals surface area contributed by atoms with E-state index in [1.54, 1.807) is 23.0 Å². The zero-order chi connectivity index (χ0) is 14.7. The summed E-state index contributed by atoms with van der Waals surface area (Å²) in [6.07, 6.45) is 3.77. The minimum atomic E-state index is -0.369. The Hall–Kier alpha value is -2.95. The van der Waals surface area contributed by atoms with Gasteiger partial charge in [0.2, 0.25) is 5.52 Å². The van der Waals surface area contributed by atoms with E-state index in [0.29, 0.717) is 11.1 Å². The normalized spacial score (nSPS) is 11.1. The van der Waals surface area contributed by atoms with Gasteiger partial charge in [0.1, 0.15) is 0 Å². The lowest BCUT2D eigenvalue weighted by molar-refractivity contribution is -0.450. The number of hydrogen-bond acceptors (Lipinski definition) is 3. The van der Waals surface area contributed by atoms with Gasteiger partial charge in [0.15, 0.2) is 5.52 Å². The Kier molecular flexibility index (Phi) is 3.47. The minimum absolute atomic E-state index is 0.369. The van der Waals surface area contributed by atoms with E-state index in [2.05, 4.69) is 10.2 Å². The van der Waals surface area contributed by atoms with Gasteiger partial charge >= 0.3 is 5.97 Å². The van der Waals surface area contributed by atoms with Gasteiger partial charge in [-0.2, -0.15) is 5.10 Å². The number of esters is 1. The summed E-state index contributed by atoms with van der Waals surface area (Å²) in [7, 11) is 1.36. The van der Waals surface area contributed by atoms with Crippen molar-refractivity contribution >= 4 is 29.3 Å². The van der Waals surface area contributed by atoms with Crippen LogP contribution in [0.4, 0.5) is 0 Å². The Morgan fingerprint density at radius 3 is 2.81 bits per heavy atom. The fraction of sp³-hybridized carbons (Fsp3) is 0.0625. The molecule has 0 bridgehead atoms. The first-order valence-corrected chi connectivity index (χ1v) is 6.49. The van der Waals surface area contributed by atoms with Crippen LogP contribution in [0.25, 0.3) is 23.3 Å². The molecule has 0 aliphatic heterocycles. The molecule has 0 unspecified atom stereocenters. The first kappa shape index (κ1) is 13.1. The number of aromatic nitrogens is 3. The van der Waals surface area contributed by atoms with Gasteiger partial charge in [-0.1, -0.05) is 30.3 Å². The quantitative estimate of drug-likeness (QED) is 0.691. The molecule has 3 aromatic rings. The second kappa shape index (κ2) is 5.58. The number of rotatable bonds is 3. The molecule has 0 amide bonds. The average molecular weight is 280 g/mol. The monoisotopic (exact) mass is 280 g/mol. The number of nitrogens with one attached hydrogen (secondary N) is 1. The van der Waals surface area contributed by atoms with Gasteiger partial charge in [-0.05, 0) is 28.6 Å². The van der Waals surface area contributed by atoms with Crippen LogP contribution in [-0.2, 0) is 4.74 Å². The second-order valence-corrected chi connectivity index (χ2v) is 4.51. The number of hydrogen-bond donors (Lipinski definition) is 0. The van der Waals surface area contributed by atoms with Crippen molar-refractivity contribution in [2.45, 2.75) is 0 Å². The maximum atomic E-state index is 11.5. The highest BCUT2D eigenvalue weighted by atomic mass is 16.5. The van der Waals surface area contributed by atoms with Gasteiger partial charge in [0, 0.05) is 6.07 Å². The Balaban J connectivity index is 1.91. The summed E-state index contributed by atoms with van der Waals surface area (Å²) in [5.74, 6) is -0.369. The standard InChI is InChI=1S/C16H13N3O2/c1-21-16(20)13-7-8-14-15(11-13)18-19(17-14)10-9-12-5-3-2-4-6-12/h2-11H,1H3/p+1/b10-9+. The number of H-pyrrole nitrogens is 1. The van der Waals surface area contributed by atoms with E-state index in [1.165, 1.54) is 7.11 Å². The second-order valence-electron chi connectivity index (χ2n) is 4.51. The van der Waals surface area contributed by atoms with E-state index in [1.807, 2.05) is 42.6 Å². The lowest BCUT2D eigenvalue weighted by atomic mass is 10.2. The van der Waals surface area contributed by atoms with E-state index >= 15 is 0 Å². The van der Waals surface area contributed by atoms with Crippen LogP contribution in [0.3, 0.4) is 0 Å². The first-order valence-electron chi connectivity index (χ1n) is 6.49. The molecule has 3 rings (SSSR count). The summed E-state index contributed by atoms with van der Waals surface area (Å²) in [6.45, 7) is 0. The zero-order valence-corrected chi connectivity index (χ0v) is 11.5. The molecule has 0 atom stereocenters. The van der Waals surface area contributed by atoms with Crippen molar-refractivity contribution < 1.29 is 14.6 Å². The van der Waals surface area contributed by atoms with E-state index < -0.39 is 0 Å². The SMILES string of the molecule is COC(=O)c1ccc2[nH+]n(/C=C/c3ccccc3)nc2c1. The highest BCUT2D eigenvalue weighted by Crippen LogP contribution is 2.11. The summed E-state index contributed by atoms with van der Waals surface area (Å²) in [4.78, 5) is 13.1.